The Bertz CT molecular complexity index is 970. The van der Waals surface area contributed by atoms with Crippen molar-refractivity contribution in [3.8, 4) is 0 Å². The molecule has 1 fully saturated rings. The van der Waals surface area contributed by atoms with E-state index in [9.17, 15) is 4.79 Å². The number of Topliss-reactive ketones (excluding diaryl/α,β-unsaturated/α-hetero) is 1. The van der Waals surface area contributed by atoms with Gasteiger partial charge in [-0.15, -0.1) is 0 Å². The fourth-order valence-corrected chi connectivity index (χ4v) is 11.8. The normalized spacial score (nSPS) is 16.8. The summed E-state index contributed by atoms with van der Waals surface area (Å²) in [6.45, 7) is 2.10. The van der Waals surface area contributed by atoms with Crippen LogP contribution in [0, 0.1) is 5.92 Å². The van der Waals surface area contributed by atoms with Crippen LogP contribution < -0.4 is 15.9 Å². The number of ketones is 1. The first-order chi connectivity index (χ1) is 15.6. The number of benzene rings is 3. The number of halogens is 1. The molecule has 0 spiro atoms. The minimum absolute atomic E-state index is 0.0536. The maximum absolute atomic E-state index is 14.3. The minimum atomic E-state index is -3.76. The molecular formula is C29H32ClOP. The van der Waals surface area contributed by atoms with Gasteiger partial charge in [-0.3, -0.25) is 0 Å². The zero-order chi connectivity index (χ0) is 22.5. The van der Waals surface area contributed by atoms with Gasteiger partial charge in [-0.2, -0.15) is 0 Å². The SMILES string of the molecule is CC/C=C(\C(=O)C1CCCCC1)P(Cl)(c1ccccc1)(c1ccccc1)c1ccccc1. The summed E-state index contributed by atoms with van der Waals surface area (Å²) in [4.78, 5) is 14.3. The monoisotopic (exact) mass is 462 g/mol. The van der Waals surface area contributed by atoms with E-state index in [4.69, 9.17) is 11.2 Å². The van der Waals surface area contributed by atoms with Crippen molar-refractivity contribution in [2.75, 3.05) is 0 Å². The van der Waals surface area contributed by atoms with Gasteiger partial charge in [0.2, 0.25) is 0 Å². The zero-order valence-corrected chi connectivity index (χ0v) is 20.4. The molecule has 0 N–H and O–H groups in total. The van der Waals surface area contributed by atoms with E-state index in [1.807, 2.05) is 54.6 Å². The maximum atomic E-state index is 14.3. The Labute approximate surface area is 197 Å². The second kappa shape index (κ2) is 9.74. The second-order valence-corrected chi connectivity index (χ2v) is 14.8. The van der Waals surface area contributed by atoms with Gasteiger partial charge in [0.05, 0.1) is 0 Å². The second-order valence-electron chi connectivity index (χ2n) is 8.71. The number of allylic oxidation sites excluding steroid dienone is 2. The molecule has 3 heteroatoms. The van der Waals surface area contributed by atoms with Crippen molar-refractivity contribution in [2.24, 2.45) is 5.92 Å². The van der Waals surface area contributed by atoms with Gasteiger partial charge in [0.1, 0.15) is 0 Å². The Hall–Kier alpha value is -2.21. The van der Waals surface area contributed by atoms with Gasteiger partial charge in [0.25, 0.3) is 0 Å². The molecule has 166 valence electrons. The van der Waals surface area contributed by atoms with Crippen molar-refractivity contribution in [3.05, 3.63) is 102 Å². The van der Waals surface area contributed by atoms with Crippen LogP contribution in [0.1, 0.15) is 45.4 Å². The third-order valence-corrected chi connectivity index (χ3v) is 14.2. The van der Waals surface area contributed by atoms with E-state index >= 15 is 0 Å². The molecule has 1 aliphatic carbocycles. The Morgan fingerprint density at radius 1 is 0.781 bits per heavy atom. The third kappa shape index (κ3) is 3.76. The van der Waals surface area contributed by atoms with E-state index in [0.717, 1.165) is 53.3 Å². The fraction of sp³-hybridized carbons (Fsp3) is 0.276. The summed E-state index contributed by atoms with van der Waals surface area (Å²) in [7, 11) is 0. The molecule has 3 aromatic rings. The Kier molecular flexibility index (Phi) is 6.99. The molecule has 0 heterocycles. The van der Waals surface area contributed by atoms with Crippen LogP contribution in [0.25, 0.3) is 0 Å². The molecule has 1 aliphatic rings. The van der Waals surface area contributed by atoms with E-state index in [1.165, 1.54) is 6.42 Å². The van der Waals surface area contributed by atoms with E-state index in [2.05, 4.69) is 49.4 Å². The molecule has 0 saturated heterocycles. The number of hydrogen-bond donors (Lipinski definition) is 0. The van der Waals surface area contributed by atoms with Crippen molar-refractivity contribution in [3.63, 3.8) is 0 Å². The molecule has 1 nitrogen and oxygen atoms in total. The van der Waals surface area contributed by atoms with Gasteiger partial charge in [0, 0.05) is 0 Å². The van der Waals surface area contributed by atoms with Crippen LogP contribution in [0.5, 0.6) is 0 Å². The third-order valence-electron chi connectivity index (χ3n) is 6.80. The first-order valence-corrected chi connectivity index (χ1v) is 14.9. The predicted molar refractivity (Wildman–Crippen MR) is 141 cm³/mol. The van der Waals surface area contributed by atoms with Gasteiger partial charge in [-0.25, -0.2) is 0 Å². The van der Waals surface area contributed by atoms with Gasteiger partial charge < -0.3 is 0 Å². The molecule has 0 radical (unpaired) electrons. The first-order valence-electron chi connectivity index (χ1n) is 11.8. The molecule has 0 aromatic heterocycles. The molecular weight excluding hydrogens is 431 g/mol. The summed E-state index contributed by atoms with van der Waals surface area (Å²) in [5.41, 5.74) is 0. The van der Waals surface area contributed by atoms with Crippen LogP contribution in [0.2, 0.25) is 0 Å². The summed E-state index contributed by atoms with van der Waals surface area (Å²) < 4.78 is 0. The van der Waals surface area contributed by atoms with Gasteiger partial charge in [0.15, 0.2) is 0 Å². The quantitative estimate of drug-likeness (QED) is 0.270. The number of hydrogen-bond acceptors (Lipinski definition) is 1. The average molecular weight is 463 g/mol. The van der Waals surface area contributed by atoms with Crippen LogP contribution in [0.4, 0.5) is 0 Å². The van der Waals surface area contributed by atoms with Crippen LogP contribution in [-0.2, 0) is 4.79 Å². The standard InChI is InChI=1S/C29H32ClOP/c1-2-15-28(29(31)24-16-7-3-8-17-24)32(30,25-18-9-4-10-19-25,26-20-11-5-12-21-26)27-22-13-6-14-23-27/h4-6,9-15,18-24H,2-3,7-8,16-17H2,1H3/b28-15+. The molecule has 0 unspecified atom stereocenters. The Morgan fingerprint density at radius 2 is 1.19 bits per heavy atom. The molecule has 1 saturated carbocycles. The summed E-state index contributed by atoms with van der Waals surface area (Å²) in [5, 5.41) is 3.90. The fourth-order valence-electron chi connectivity index (χ4n) is 5.23. The number of rotatable bonds is 7. The van der Waals surface area contributed by atoms with E-state index in [0.29, 0.717) is 0 Å². The molecule has 3 aromatic carbocycles. The van der Waals surface area contributed by atoms with Crippen LogP contribution >= 0.6 is 17.2 Å². The van der Waals surface area contributed by atoms with Crippen LogP contribution in [0.3, 0.4) is 0 Å². The topological polar surface area (TPSA) is 17.1 Å². The molecule has 0 bridgehead atoms. The van der Waals surface area contributed by atoms with Crippen molar-refractivity contribution in [1.29, 1.82) is 0 Å². The van der Waals surface area contributed by atoms with Crippen molar-refractivity contribution in [2.45, 2.75) is 45.4 Å². The molecule has 4 rings (SSSR count). The molecule has 0 atom stereocenters. The van der Waals surface area contributed by atoms with Crippen molar-refractivity contribution >= 4 is 38.9 Å². The number of carbonyl (C=O) groups excluding carboxylic acids is 1. The van der Waals surface area contributed by atoms with Gasteiger partial charge in [-0.1, -0.05) is 0 Å². The summed E-state index contributed by atoms with van der Waals surface area (Å²) in [6.07, 6.45) is 8.28. The predicted octanol–water partition coefficient (Wildman–Crippen LogP) is 7.11. The van der Waals surface area contributed by atoms with E-state index in [1.54, 1.807) is 0 Å². The number of carbonyl (C=O) groups is 1. The summed E-state index contributed by atoms with van der Waals surface area (Å²) in [5.74, 6) is -3.47. The van der Waals surface area contributed by atoms with E-state index < -0.39 is 5.96 Å². The van der Waals surface area contributed by atoms with Gasteiger partial charge in [-0.05, 0) is 0 Å². The Morgan fingerprint density at radius 3 is 1.56 bits per heavy atom. The first kappa shape index (κ1) is 23.0. The molecule has 0 aliphatic heterocycles. The average Bonchev–Trinajstić information content (AvgIpc) is 2.88. The van der Waals surface area contributed by atoms with Gasteiger partial charge >= 0.3 is 197 Å². The molecule has 0 amide bonds. The summed E-state index contributed by atoms with van der Waals surface area (Å²) >= 11 is 8.27. The van der Waals surface area contributed by atoms with Crippen molar-refractivity contribution in [1.82, 2.24) is 0 Å². The summed E-state index contributed by atoms with van der Waals surface area (Å²) in [6, 6.07) is 31.0. The Balaban J connectivity index is 2.11. The van der Waals surface area contributed by atoms with Crippen LogP contribution in [0.15, 0.2) is 102 Å². The van der Waals surface area contributed by atoms with E-state index in [-0.39, 0.29) is 11.7 Å². The zero-order valence-electron chi connectivity index (χ0n) is 18.8. The van der Waals surface area contributed by atoms with Crippen molar-refractivity contribution < 1.29 is 4.79 Å². The molecule has 32 heavy (non-hydrogen) atoms. The van der Waals surface area contributed by atoms with Crippen LogP contribution in [-0.4, -0.2) is 5.78 Å².